The van der Waals surface area contributed by atoms with Crippen LogP contribution in [0.5, 0.6) is 5.75 Å². The van der Waals surface area contributed by atoms with E-state index in [1.165, 1.54) is 36.8 Å². The molecular weight excluding hydrogens is 222 g/mol. The standard InChI is InChI=1S/C16H25NO/c1-13-6-7-15(18-3)14(10-13)11-17-12-16(2)8-4-5-9-16/h6-7,10,17H,4-5,8-9,11-12H2,1-3H3. The summed E-state index contributed by atoms with van der Waals surface area (Å²) >= 11 is 0. The lowest BCUT2D eigenvalue weighted by Gasteiger charge is -2.24. The van der Waals surface area contributed by atoms with Crippen LogP contribution in [0.3, 0.4) is 0 Å². The van der Waals surface area contributed by atoms with Gasteiger partial charge >= 0.3 is 0 Å². The Morgan fingerprint density at radius 2 is 2.00 bits per heavy atom. The monoisotopic (exact) mass is 247 g/mol. The molecule has 1 aromatic rings. The summed E-state index contributed by atoms with van der Waals surface area (Å²) in [4.78, 5) is 0. The number of aryl methyl sites for hydroxylation is 1. The summed E-state index contributed by atoms with van der Waals surface area (Å²) in [5.41, 5.74) is 3.07. The second-order valence-electron chi connectivity index (χ2n) is 5.94. The quantitative estimate of drug-likeness (QED) is 0.857. The van der Waals surface area contributed by atoms with E-state index in [4.69, 9.17) is 4.74 Å². The maximum atomic E-state index is 5.41. The van der Waals surface area contributed by atoms with E-state index in [1.807, 2.05) is 0 Å². The fraction of sp³-hybridized carbons (Fsp3) is 0.625. The topological polar surface area (TPSA) is 21.3 Å². The third kappa shape index (κ3) is 3.26. The van der Waals surface area contributed by atoms with E-state index in [2.05, 4.69) is 37.4 Å². The van der Waals surface area contributed by atoms with Crippen molar-refractivity contribution in [3.05, 3.63) is 29.3 Å². The van der Waals surface area contributed by atoms with Gasteiger partial charge in [0.2, 0.25) is 0 Å². The molecular formula is C16H25NO. The van der Waals surface area contributed by atoms with Crippen molar-refractivity contribution in [2.45, 2.75) is 46.1 Å². The van der Waals surface area contributed by atoms with E-state index in [0.717, 1.165) is 18.8 Å². The average Bonchev–Trinajstić information content (AvgIpc) is 2.77. The molecule has 0 radical (unpaired) electrons. The molecule has 1 aliphatic rings. The van der Waals surface area contributed by atoms with Gasteiger partial charge in [0, 0.05) is 18.7 Å². The molecule has 1 saturated carbocycles. The minimum absolute atomic E-state index is 0.511. The van der Waals surface area contributed by atoms with Gasteiger partial charge in [0.1, 0.15) is 5.75 Å². The number of benzene rings is 1. The highest BCUT2D eigenvalue weighted by molar-refractivity contribution is 5.36. The van der Waals surface area contributed by atoms with Crippen molar-refractivity contribution in [3.63, 3.8) is 0 Å². The van der Waals surface area contributed by atoms with Gasteiger partial charge in [-0.25, -0.2) is 0 Å². The van der Waals surface area contributed by atoms with Crippen molar-refractivity contribution in [1.82, 2.24) is 5.32 Å². The van der Waals surface area contributed by atoms with Crippen molar-refractivity contribution in [3.8, 4) is 5.75 Å². The summed E-state index contributed by atoms with van der Waals surface area (Å²) in [6.45, 7) is 6.55. The molecule has 1 N–H and O–H groups in total. The van der Waals surface area contributed by atoms with Gasteiger partial charge in [-0.1, -0.05) is 37.5 Å². The third-order valence-corrected chi connectivity index (χ3v) is 4.11. The molecule has 0 heterocycles. The Bertz CT molecular complexity index is 394. The molecule has 0 spiro atoms. The Hall–Kier alpha value is -1.02. The van der Waals surface area contributed by atoms with Gasteiger partial charge in [0.25, 0.3) is 0 Å². The van der Waals surface area contributed by atoms with E-state index in [0.29, 0.717) is 5.41 Å². The number of methoxy groups -OCH3 is 1. The fourth-order valence-electron chi connectivity index (χ4n) is 2.95. The van der Waals surface area contributed by atoms with E-state index >= 15 is 0 Å². The number of hydrogen-bond acceptors (Lipinski definition) is 2. The zero-order valence-corrected chi connectivity index (χ0v) is 11.9. The maximum Gasteiger partial charge on any atom is 0.123 e. The van der Waals surface area contributed by atoms with Crippen LogP contribution in [0, 0.1) is 12.3 Å². The molecule has 1 aliphatic carbocycles. The van der Waals surface area contributed by atoms with E-state index in [9.17, 15) is 0 Å². The van der Waals surface area contributed by atoms with Crippen molar-refractivity contribution in [2.24, 2.45) is 5.41 Å². The Kier molecular flexibility index (Phi) is 4.28. The minimum Gasteiger partial charge on any atom is -0.496 e. The molecule has 0 aliphatic heterocycles. The first-order chi connectivity index (χ1) is 8.63. The molecule has 0 aromatic heterocycles. The highest BCUT2D eigenvalue weighted by atomic mass is 16.5. The van der Waals surface area contributed by atoms with Crippen molar-refractivity contribution < 1.29 is 4.74 Å². The summed E-state index contributed by atoms with van der Waals surface area (Å²) in [5, 5.41) is 3.61. The summed E-state index contributed by atoms with van der Waals surface area (Å²) in [6, 6.07) is 6.37. The maximum absolute atomic E-state index is 5.41. The van der Waals surface area contributed by atoms with Crippen molar-refractivity contribution in [2.75, 3.05) is 13.7 Å². The molecule has 2 nitrogen and oxygen atoms in total. The Morgan fingerprint density at radius 1 is 1.28 bits per heavy atom. The summed E-state index contributed by atoms with van der Waals surface area (Å²) < 4.78 is 5.41. The molecule has 2 heteroatoms. The van der Waals surface area contributed by atoms with Crippen LogP contribution in [0.4, 0.5) is 0 Å². The highest BCUT2D eigenvalue weighted by Gasteiger charge is 2.27. The van der Waals surface area contributed by atoms with Gasteiger partial charge in [-0.05, 0) is 31.2 Å². The molecule has 0 bridgehead atoms. The summed E-state index contributed by atoms with van der Waals surface area (Å²) in [7, 11) is 1.74. The Morgan fingerprint density at radius 3 is 2.67 bits per heavy atom. The van der Waals surface area contributed by atoms with E-state index < -0.39 is 0 Å². The van der Waals surface area contributed by atoms with Crippen LogP contribution in [-0.2, 0) is 6.54 Å². The minimum atomic E-state index is 0.511. The number of ether oxygens (including phenoxy) is 1. The predicted octanol–water partition coefficient (Wildman–Crippen LogP) is 3.67. The van der Waals surface area contributed by atoms with Crippen molar-refractivity contribution in [1.29, 1.82) is 0 Å². The second kappa shape index (κ2) is 5.75. The van der Waals surface area contributed by atoms with Crippen LogP contribution in [0.25, 0.3) is 0 Å². The number of nitrogens with one attached hydrogen (secondary N) is 1. The van der Waals surface area contributed by atoms with Gasteiger partial charge < -0.3 is 10.1 Å². The smallest absolute Gasteiger partial charge is 0.123 e. The first-order valence-corrected chi connectivity index (χ1v) is 6.97. The first-order valence-electron chi connectivity index (χ1n) is 6.97. The molecule has 100 valence electrons. The Balaban J connectivity index is 1.91. The second-order valence-corrected chi connectivity index (χ2v) is 5.94. The highest BCUT2D eigenvalue weighted by Crippen LogP contribution is 2.36. The summed E-state index contributed by atoms with van der Waals surface area (Å²) in [6.07, 6.45) is 5.52. The lowest BCUT2D eigenvalue weighted by atomic mass is 9.89. The van der Waals surface area contributed by atoms with Gasteiger partial charge in [-0.3, -0.25) is 0 Å². The molecule has 2 rings (SSSR count). The molecule has 1 fully saturated rings. The molecule has 0 unspecified atom stereocenters. The van der Waals surface area contributed by atoms with Crippen LogP contribution in [-0.4, -0.2) is 13.7 Å². The Labute approximate surface area is 111 Å². The summed E-state index contributed by atoms with van der Waals surface area (Å²) in [5.74, 6) is 0.990. The molecule has 1 aromatic carbocycles. The van der Waals surface area contributed by atoms with Gasteiger partial charge in [-0.15, -0.1) is 0 Å². The van der Waals surface area contributed by atoms with Gasteiger partial charge in [-0.2, -0.15) is 0 Å². The van der Waals surface area contributed by atoms with E-state index in [1.54, 1.807) is 7.11 Å². The van der Waals surface area contributed by atoms with Gasteiger partial charge in [0.15, 0.2) is 0 Å². The zero-order chi connectivity index (χ0) is 13.0. The predicted molar refractivity (Wildman–Crippen MR) is 76.0 cm³/mol. The number of rotatable bonds is 5. The van der Waals surface area contributed by atoms with Crippen LogP contribution >= 0.6 is 0 Å². The van der Waals surface area contributed by atoms with Crippen LogP contribution in [0.2, 0.25) is 0 Å². The van der Waals surface area contributed by atoms with E-state index in [-0.39, 0.29) is 0 Å². The molecule has 0 atom stereocenters. The van der Waals surface area contributed by atoms with Crippen LogP contribution < -0.4 is 10.1 Å². The molecule has 0 saturated heterocycles. The normalized spacial score (nSPS) is 17.9. The van der Waals surface area contributed by atoms with Gasteiger partial charge in [0.05, 0.1) is 7.11 Å². The zero-order valence-electron chi connectivity index (χ0n) is 11.9. The number of hydrogen-bond donors (Lipinski definition) is 1. The van der Waals surface area contributed by atoms with Crippen LogP contribution in [0.15, 0.2) is 18.2 Å². The lowest BCUT2D eigenvalue weighted by molar-refractivity contribution is 0.313. The lowest BCUT2D eigenvalue weighted by Crippen LogP contribution is -2.29. The molecule has 0 amide bonds. The fourth-order valence-corrected chi connectivity index (χ4v) is 2.95. The molecule has 18 heavy (non-hydrogen) atoms. The SMILES string of the molecule is COc1ccc(C)cc1CNCC1(C)CCCC1. The average molecular weight is 247 g/mol. The van der Waals surface area contributed by atoms with Crippen molar-refractivity contribution >= 4 is 0 Å². The largest absolute Gasteiger partial charge is 0.496 e. The van der Waals surface area contributed by atoms with Crippen LogP contribution in [0.1, 0.15) is 43.7 Å². The first kappa shape index (κ1) is 13.4. The third-order valence-electron chi connectivity index (χ3n) is 4.11.